The van der Waals surface area contributed by atoms with Crippen LogP contribution in [0, 0.1) is 0 Å². The minimum atomic E-state index is -4.40. The molecule has 1 N–H and O–H groups in total. The Balaban J connectivity index is 1.56. The highest BCUT2D eigenvalue weighted by Gasteiger charge is 2.35. The van der Waals surface area contributed by atoms with Gasteiger partial charge in [-0.1, -0.05) is 42.5 Å². The molecular weight excluding hydrogens is 371 g/mol. The van der Waals surface area contributed by atoms with Crippen LogP contribution in [0.3, 0.4) is 0 Å². The van der Waals surface area contributed by atoms with Crippen molar-refractivity contribution in [2.45, 2.75) is 44.0 Å². The molecule has 0 radical (unpaired) electrons. The molecule has 1 aliphatic heterocycles. The standard InChI is InChI=1S/C21H20F3NO3/c22-21(23,24)16-8-6-15(7-9-16)17-12-19(26)25-18(17)10-11-20(27)28-13-14-4-2-1-3-5-14/h1-9,17-18H,10-13H2,(H,25,26). The number of amides is 1. The average molecular weight is 391 g/mol. The molecule has 4 nitrogen and oxygen atoms in total. The van der Waals surface area contributed by atoms with Gasteiger partial charge >= 0.3 is 12.1 Å². The largest absolute Gasteiger partial charge is 0.461 e. The van der Waals surface area contributed by atoms with Crippen LogP contribution in [-0.4, -0.2) is 17.9 Å². The lowest BCUT2D eigenvalue weighted by atomic mass is 9.89. The van der Waals surface area contributed by atoms with Gasteiger partial charge in [-0.25, -0.2) is 0 Å². The molecule has 3 rings (SSSR count). The predicted molar refractivity (Wildman–Crippen MR) is 96.2 cm³/mol. The van der Waals surface area contributed by atoms with Gasteiger partial charge in [0, 0.05) is 24.8 Å². The van der Waals surface area contributed by atoms with E-state index in [9.17, 15) is 22.8 Å². The number of ether oxygens (including phenoxy) is 1. The highest BCUT2D eigenvalue weighted by Crippen LogP contribution is 2.34. The molecule has 1 heterocycles. The van der Waals surface area contributed by atoms with E-state index in [0.29, 0.717) is 12.0 Å². The topological polar surface area (TPSA) is 55.4 Å². The molecule has 1 fully saturated rings. The van der Waals surface area contributed by atoms with E-state index in [1.165, 1.54) is 12.1 Å². The van der Waals surface area contributed by atoms with Gasteiger partial charge in [-0.3, -0.25) is 9.59 Å². The van der Waals surface area contributed by atoms with Crippen LogP contribution < -0.4 is 5.32 Å². The van der Waals surface area contributed by atoms with Crippen LogP contribution in [0.15, 0.2) is 54.6 Å². The Bertz CT molecular complexity index is 819. The quantitative estimate of drug-likeness (QED) is 0.751. The maximum Gasteiger partial charge on any atom is 0.416 e. The van der Waals surface area contributed by atoms with Crippen molar-refractivity contribution in [2.75, 3.05) is 0 Å². The summed E-state index contributed by atoms with van der Waals surface area (Å²) in [6, 6.07) is 13.8. The first-order chi connectivity index (χ1) is 13.3. The molecule has 0 aromatic heterocycles. The monoisotopic (exact) mass is 391 g/mol. The second-order valence-electron chi connectivity index (χ2n) is 6.79. The van der Waals surface area contributed by atoms with Crippen LogP contribution in [0.25, 0.3) is 0 Å². The highest BCUT2D eigenvalue weighted by molar-refractivity contribution is 5.80. The van der Waals surface area contributed by atoms with Gasteiger partial charge in [0.25, 0.3) is 0 Å². The van der Waals surface area contributed by atoms with E-state index in [-0.39, 0.29) is 43.3 Å². The molecule has 7 heteroatoms. The molecule has 1 aliphatic rings. The van der Waals surface area contributed by atoms with E-state index in [2.05, 4.69) is 5.32 Å². The number of rotatable bonds is 6. The van der Waals surface area contributed by atoms with Crippen LogP contribution in [0.5, 0.6) is 0 Å². The van der Waals surface area contributed by atoms with Gasteiger partial charge in [0.05, 0.1) is 5.56 Å². The summed E-state index contributed by atoms with van der Waals surface area (Å²) in [5.41, 5.74) is 0.802. The molecular formula is C21H20F3NO3. The number of carbonyl (C=O) groups is 2. The van der Waals surface area contributed by atoms with E-state index in [4.69, 9.17) is 4.74 Å². The van der Waals surface area contributed by atoms with Crippen molar-refractivity contribution in [3.05, 3.63) is 71.3 Å². The van der Waals surface area contributed by atoms with Crippen molar-refractivity contribution < 1.29 is 27.5 Å². The van der Waals surface area contributed by atoms with Crippen molar-refractivity contribution in [3.63, 3.8) is 0 Å². The summed E-state index contributed by atoms with van der Waals surface area (Å²) in [4.78, 5) is 23.8. The molecule has 28 heavy (non-hydrogen) atoms. The summed E-state index contributed by atoms with van der Waals surface area (Å²) in [6.07, 6.45) is -3.72. The molecule has 0 saturated carbocycles. The maximum atomic E-state index is 12.7. The Labute approximate surface area is 160 Å². The van der Waals surface area contributed by atoms with Crippen molar-refractivity contribution in [1.29, 1.82) is 0 Å². The van der Waals surface area contributed by atoms with Crippen LogP contribution in [0.2, 0.25) is 0 Å². The Morgan fingerprint density at radius 2 is 1.75 bits per heavy atom. The number of nitrogens with one attached hydrogen (secondary N) is 1. The number of halogens is 3. The third-order valence-electron chi connectivity index (χ3n) is 4.81. The fraction of sp³-hybridized carbons (Fsp3) is 0.333. The lowest BCUT2D eigenvalue weighted by Crippen LogP contribution is -2.29. The van der Waals surface area contributed by atoms with Gasteiger partial charge in [-0.15, -0.1) is 0 Å². The molecule has 2 aromatic carbocycles. The summed E-state index contributed by atoms with van der Waals surface area (Å²) in [5.74, 6) is -0.819. The van der Waals surface area contributed by atoms with E-state index in [1.807, 2.05) is 30.3 Å². The average Bonchev–Trinajstić information content (AvgIpc) is 3.05. The van der Waals surface area contributed by atoms with Crippen molar-refractivity contribution in [1.82, 2.24) is 5.32 Å². The van der Waals surface area contributed by atoms with Crippen molar-refractivity contribution in [3.8, 4) is 0 Å². The first-order valence-electron chi connectivity index (χ1n) is 8.99. The normalized spacial score (nSPS) is 19.3. The highest BCUT2D eigenvalue weighted by atomic mass is 19.4. The molecule has 1 amide bonds. The van der Waals surface area contributed by atoms with Crippen LogP contribution in [0.1, 0.15) is 41.9 Å². The molecule has 2 aromatic rings. The summed E-state index contributed by atoms with van der Waals surface area (Å²) < 4.78 is 43.4. The number of hydrogen-bond donors (Lipinski definition) is 1. The van der Waals surface area contributed by atoms with Crippen molar-refractivity contribution >= 4 is 11.9 Å². The minimum absolute atomic E-state index is 0.120. The summed E-state index contributed by atoms with van der Waals surface area (Å²) in [5, 5.41) is 2.81. The fourth-order valence-electron chi connectivity index (χ4n) is 3.33. The van der Waals surface area contributed by atoms with Gasteiger partial charge in [0.1, 0.15) is 6.61 Å². The van der Waals surface area contributed by atoms with E-state index in [0.717, 1.165) is 17.7 Å². The van der Waals surface area contributed by atoms with Gasteiger partial charge < -0.3 is 10.1 Å². The van der Waals surface area contributed by atoms with Crippen LogP contribution in [0.4, 0.5) is 13.2 Å². The number of hydrogen-bond acceptors (Lipinski definition) is 3. The first kappa shape index (κ1) is 19.9. The van der Waals surface area contributed by atoms with E-state index < -0.39 is 11.7 Å². The lowest BCUT2D eigenvalue weighted by Gasteiger charge is -2.19. The maximum absolute atomic E-state index is 12.7. The number of carbonyl (C=O) groups excluding carboxylic acids is 2. The lowest BCUT2D eigenvalue weighted by molar-refractivity contribution is -0.145. The molecule has 2 unspecified atom stereocenters. The number of benzene rings is 2. The van der Waals surface area contributed by atoms with Crippen molar-refractivity contribution in [2.24, 2.45) is 0 Å². The molecule has 1 saturated heterocycles. The van der Waals surface area contributed by atoms with Crippen LogP contribution >= 0.6 is 0 Å². The first-order valence-corrected chi connectivity index (χ1v) is 8.99. The van der Waals surface area contributed by atoms with Gasteiger partial charge in [0.15, 0.2) is 0 Å². The fourth-order valence-corrected chi connectivity index (χ4v) is 3.33. The Morgan fingerprint density at radius 1 is 1.07 bits per heavy atom. The third kappa shape index (κ3) is 5.12. The van der Waals surface area contributed by atoms with Gasteiger partial charge in [-0.2, -0.15) is 13.2 Å². The third-order valence-corrected chi connectivity index (χ3v) is 4.81. The zero-order valence-electron chi connectivity index (χ0n) is 15.0. The summed E-state index contributed by atoms with van der Waals surface area (Å²) >= 11 is 0. The van der Waals surface area contributed by atoms with Gasteiger partial charge in [-0.05, 0) is 29.7 Å². The summed E-state index contributed by atoms with van der Waals surface area (Å²) in [6.45, 7) is 0.180. The van der Waals surface area contributed by atoms with Crippen LogP contribution in [-0.2, 0) is 27.1 Å². The molecule has 148 valence electrons. The molecule has 0 aliphatic carbocycles. The Hall–Kier alpha value is -2.83. The van der Waals surface area contributed by atoms with Gasteiger partial charge in [0.2, 0.25) is 5.91 Å². The smallest absolute Gasteiger partial charge is 0.416 e. The van der Waals surface area contributed by atoms with E-state index in [1.54, 1.807) is 0 Å². The molecule has 0 spiro atoms. The summed E-state index contributed by atoms with van der Waals surface area (Å²) in [7, 11) is 0. The Kier molecular flexibility index (Phi) is 6.02. The zero-order valence-corrected chi connectivity index (χ0v) is 15.0. The van der Waals surface area contributed by atoms with E-state index >= 15 is 0 Å². The second kappa shape index (κ2) is 8.46. The minimum Gasteiger partial charge on any atom is -0.461 e. The predicted octanol–water partition coefficient (Wildman–Crippen LogP) is 4.20. The zero-order chi connectivity index (χ0) is 20.1. The molecule has 2 atom stereocenters. The SMILES string of the molecule is O=C1CC(c2ccc(C(F)(F)F)cc2)C(CCC(=O)OCc2ccccc2)N1. The second-order valence-corrected chi connectivity index (χ2v) is 6.79. The number of alkyl halides is 3. The number of esters is 1. The molecule has 0 bridgehead atoms. The Morgan fingerprint density at radius 3 is 2.39 bits per heavy atom.